The molecule has 2 aromatic rings. The van der Waals surface area contributed by atoms with Gasteiger partial charge in [-0.3, -0.25) is 9.59 Å². The zero-order valence-electron chi connectivity index (χ0n) is 12.9. The van der Waals surface area contributed by atoms with Crippen LogP contribution in [0.2, 0.25) is 0 Å². The van der Waals surface area contributed by atoms with Gasteiger partial charge >= 0.3 is 0 Å². The summed E-state index contributed by atoms with van der Waals surface area (Å²) in [5, 5.41) is 0.536. The number of carbonyl (C=O) groups is 2. The number of nitrogens with zero attached hydrogens (tertiary/aromatic N) is 2. The van der Waals surface area contributed by atoms with Gasteiger partial charge in [0.15, 0.2) is 17.2 Å². The van der Waals surface area contributed by atoms with Crippen LogP contribution in [0, 0.1) is 5.82 Å². The molecule has 2 amide bonds. The van der Waals surface area contributed by atoms with Gasteiger partial charge in [-0.1, -0.05) is 12.1 Å². The Labute approximate surface area is 137 Å². The number of amides is 2. The third-order valence-electron chi connectivity index (χ3n) is 3.99. The highest BCUT2D eigenvalue weighted by Crippen LogP contribution is 2.28. The van der Waals surface area contributed by atoms with Crippen LogP contribution in [0.5, 0.6) is 0 Å². The number of likely N-dealkylation sites (N-methyl/N-ethyl adjacent to an activating group) is 1. The number of carbonyl (C=O) groups excluding carboxylic acids is 2. The predicted molar refractivity (Wildman–Crippen MR) is 86.8 cm³/mol. The van der Waals surface area contributed by atoms with Crippen molar-refractivity contribution in [3.05, 3.63) is 35.8 Å². The van der Waals surface area contributed by atoms with Crippen molar-refractivity contribution in [3.8, 4) is 0 Å². The van der Waals surface area contributed by atoms with Crippen LogP contribution in [0.4, 0.5) is 4.39 Å². The molecule has 23 heavy (non-hydrogen) atoms. The van der Waals surface area contributed by atoms with Gasteiger partial charge in [-0.2, -0.15) is 0 Å². The van der Waals surface area contributed by atoms with Crippen molar-refractivity contribution in [2.24, 2.45) is 0 Å². The molecule has 0 aliphatic carbocycles. The van der Waals surface area contributed by atoms with Gasteiger partial charge in [-0.05, 0) is 19.1 Å². The van der Waals surface area contributed by atoms with Gasteiger partial charge in [0.25, 0.3) is 5.91 Å². The Balaban J connectivity index is 1.88. The van der Waals surface area contributed by atoms with E-state index in [0.717, 1.165) is 0 Å². The van der Waals surface area contributed by atoms with E-state index < -0.39 is 11.9 Å². The van der Waals surface area contributed by atoms with E-state index in [1.807, 2.05) is 6.92 Å². The van der Waals surface area contributed by atoms with Gasteiger partial charge < -0.3 is 14.2 Å². The zero-order valence-corrected chi connectivity index (χ0v) is 13.7. The van der Waals surface area contributed by atoms with E-state index in [-0.39, 0.29) is 23.2 Å². The molecule has 5 nitrogen and oxygen atoms in total. The normalized spacial score (nSPS) is 17.7. The highest BCUT2D eigenvalue weighted by atomic mass is 32.2. The number of thioether (sulfide) groups is 1. The summed E-state index contributed by atoms with van der Waals surface area (Å²) in [4.78, 5) is 28.1. The van der Waals surface area contributed by atoms with Gasteiger partial charge in [0, 0.05) is 24.7 Å². The van der Waals surface area contributed by atoms with Crippen LogP contribution in [-0.2, 0) is 4.79 Å². The number of hydrogen-bond acceptors (Lipinski definition) is 4. The average Bonchev–Trinajstić information content (AvgIpc) is 3.20. The van der Waals surface area contributed by atoms with Gasteiger partial charge in [0.2, 0.25) is 5.91 Å². The van der Waals surface area contributed by atoms with Gasteiger partial charge in [0.1, 0.15) is 6.04 Å². The van der Waals surface area contributed by atoms with E-state index in [2.05, 4.69) is 0 Å². The topological polar surface area (TPSA) is 53.8 Å². The molecule has 0 saturated carbocycles. The molecule has 122 valence electrons. The first-order valence-electron chi connectivity index (χ1n) is 7.34. The minimum atomic E-state index is -0.504. The molecular formula is C16H17FN2O3S. The van der Waals surface area contributed by atoms with Crippen LogP contribution >= 0.6 is 11.8 Å². The number of furan rings is 1. The lowest BCUT2D eigenvalue weighted by Gasteiger charge is -2.26. The summed E-state index contributed by atoms with van der Waals surface area (Å²) in [5.41, 5.74) is 0.0660. The Bertz CT molecular complexity index is 761. The smallest absolute Gasteiger partial charge is 0.291 e. The van der Waals surface area contributed by atoms with Crippen molar-refractivity contribution >= 4 is 34.5 Å². The van der Waals surface area contributed by atoms with Gasteiger partial charge in [-0.25, -0.2) is 4.39 Å². The zero-order chi connectivity index (χ0) is 16.6. The van der Waals surface area contributed by atoms with Crippen molar-refractivity contribution in [3.63, 3.8) is 0 Å². The van der Waals surface area contributed by atoms with E-state index >= 15 is 0 Å². The number of benzene rings is 1. The molecule has 1 fully saturated rings. The summed E-state index contributed by atoms with van der Waals surface area (Å²) >= 11 is 1.52. The van der Waals surface area contributed by atoms with Crippen molar-refractivity contribution in [2.45, 2.75) is 13.0 Å². The lowest BCUT2D eigenvalue weighted by molar-refractivity contribution is -0.133. The molecule has 0 bridgehead atoms. The molecule has 1 atom stereocenters. The second-order valence-corrected chi connectivity index (χ2v) is 6.41. The maximum Gasteiger partial charge on any atom is 0.291 e. The van der Waals surface area contributed by atoms with E-state index in [1.165, 1.54) is 28.8 Å². The molecule has 1 aliphatic heterocycles. The number of hydrogen-bond donors (Lipinski definition) is 0. The minimum Gasteiger partial charge on any atom is -0.448 e. The van der Waals surface area contributed by atoms with Crippen molar-refractivity contribution in [2.75, 3.05) is 25.2 Å². The fraction of sp³-hybridized carbons (Fsp3) is 0.375. The molecule has 7 heteroatoms. The lowest BCUT2D eigenvalue weighted by Crippen LogP contribution is -2.47. The van der Waals surface area contributed by atoms with Crippen LogP contribution in [-0.4, -0.2) is 52.9 Å². The number of halogens is 1. The highest BCUT2D eigenvalue weighted by Gasteiger charge is 2.37. The summed E-state index contributed by atoms with van der Waals surface area (Å²) in [6.45, 7) is 2.46. The van der Waals surface area contributed by atoms with Crippen LogP contribution in [0.1, 0.15) is 17.5 Å². The summed E-state index contributed by atoms with van der Waals surface area (Å²) in [7, 11) is 1.71. The summed E-state index contributed by atoms with van der Waals surface area (Å²) in [6, 6.07) is 5.56. The van der Waals surface area contributed by atoms with Crippen LogP contribution in [0.3, 0.4) is 0 Å². The molecule has 0 N–H and O–H groups in total. The Morgan fingerprint density at radius 2 is 2.26 bits per heavy atom. The van der Waals surface area contributed by atoms with Crippen molar-refractivity contribution < 1.29 is 18.4 Å². The molecule has 0 spiro atoms. The second-order valence-electron chi connectivity index (χ2n) is 5.41. The number of para-hydroxylation sites is 1. The maximum atomic E-state index is 13.7. The Morgan fingerprint density at radius 3 is 2.96 bits per heavy atom. The fourth-order valence-corrected chi connectivity index (χ4v) is 3.68. The summed E-state index contributed by atoms with van der Waals surface area (Å²) in [5.74, 6) is 0.0670. The van der Waals surface area contributed by atoms with Crippen LogP contribution in [0.25, 0.3) is 11.0 Å². The van der Waals surface area contributed by atoms with E-state index in [9.17, 15) is 14.0 Å². The number of rotatable bonds is 3. The SMILES string of the molecule is CCN(C)C(=O)[C@H]1CSCN1C(=O)c1cc2cccc(F)c2o1. The largest absolute Gasteiger partial charge is 0.448 e. The van der Waals surface area contributed by atoms with Crippen molar-refractivity contribution in [1.82, 2.24) is 9.80 Å². The minimum absolute atomic E-state index is 0.0598. The molecular weight excluding hydrogens is 319 g/mol. The highest BCUT2D eigenvalue weighted by molar-refractivity contribution is 7.99. The molecule has 2 heterocycles. The third kappa shape index (κ3) is 2.81. The molecule has 1 aromatic carbocycles. The first-order chi connectivity index (χ1) is 11.0. The van der Waals surface area contributed by atoms with Crippen LogP contribution in [0.15, 0.2) is 28.7 Å². The Kier molecular flexibility index (Phi) is 4.30. The van der Waals surface area contributed by atoms with E-state index in [4.69, 9.17) is 4.42 Å². The molecule has 3 rings (SSSR count). The quantitative estimate of drug-likeness (QED) is 0.864. The lowest BCUT2D eigenvalue weighted by atomic mass is 10.2. The third-order valence-corrected chi connectivity index (χ3v) is 5.00. The first-order valence-corrected chi connectivity index (χ1v) is 8.50. The molecule has 1 aromatic heterocycles. The monoisotopic (exact) mass is 336 g/mol. The number of fused-ring (bicyclic) bond motifs is 1. The maximum absolute atomic E-state index is 13.7. The molecule has 0 unspecified atom stereocenters. The van der Waals surface area contributed by atoms with E-state index in [0.29, 0.717) is 23.6 Å². The fourth-order valence-electron chi connectivity index (χ4n) is 2.53. The second kappa shape index (κ2) is 6.23. The molecule has 0 radical (unpaired) electrons. The Morgan fingerprint density at radius 1 is 1.48 bits per heavy atom. The van der Waals surface area contributed by atoms with Gasteiger partial charge in [-0.15, -0.1) is 11.8 Å². The molecule has 1 saturated heterocycles. The molecule has 1 aliphatic rings. The average molecular weight is 336 g/mol. The van der Waals surface area contributed by atoms with Crippen molar-refractivity contribution in [1.29, 1.82) is 0 Å². The summed E-state index contributed by atoms with van der Waals surface area (Å²) in [6.07, 6.45) is 0. The van der Waals surface area contributed by atoms with E-state index in [1.54, 1.807) is 24.1 Å². The van der Waals surface area contributed by atoms with Crippen LogP contribution < -0.4 is 0 Å². The first kappa shape index (κ1) is 15.9. The Hall–Kier alpha value is -2.02. The standard InChI is InChI=1S/C16H17FN2O3S/c1-3-18(2)15(20)12-8-23-9-19(12)16(21)13-7-10-5-4-6-11(17)14(10)22-13/h4-7,12H,3,8-9H2,1-2H3/t12-/m1/s1. The summed E-state index contributed by atoms with van der Waals surface area (Å²) < 4.78 is 19.1. The van der Waals surface area contributed by atoms with Gasteiger partial charge in [0.05, 0.1) is 5.88 Å². The predicted octanol–water partition coefficient (Wildman–Crippen LogP) is 2.57.